The zero-order chi connectivity index (χ0) is 16.2. The number of aliphatic hydroxyl groups is 1. The van der Waals surface area contributed by atoms with Crippen LogP contribution in [0.1, 0.15) is 44.2 Å². The lowest BCUT2D eigenvalue weighted by Gasteiger charge is -2.32. The van der Waals surface area contributed by atoms with Gasteiger partial charge in [-0.1, -0.05) is 0 Å². The summed E-state index contributed by atoms with van der Waals surface area (Å²) in [6.45, 7) is 5.14. The van der Waals surface area contributed by atoms with Gasteiger partial charge in [0.15, 0.2) is 0 Å². The summed E-state index contributed by atoms with van der Waals surface area (Å²) in [5, 5.41) is 9.36. The molecule has 2 rings (SSSR count). The van der Waals surface area contributed by atoms with Crippen LogP contribution in [0.25, 0.3) is 0 Å². The average Bonchev–Trinajstić information content (AvgIpc) is 2.54. The van der Waals surface area contributed by atoms with Crippen LogP contribution in [0.3, 0.4) is 0 Å². The molecule has 5 nitrogen and oxygen atoms in total. The monoisotopic (exact) mass is 307 g/mol. The number of amides is 1. The Morgan fingerprint density at radius 3 is 2.50 bits per heavy atom. The summed E-state index contributed by atoms with van der Waals surface area (Å²) in [7, 11) is 1.58. The normalized spacial score (nSPS) is 15.5. The summed E-state index contributed by atoms with van der Waals surface area (Å²) >= 11 is 0. The second-order valence-electron chi connectivity index (χ2n) is 6.15. The van der Waals surface area contributed by atoms with E-state index >= 15 is 0 Å². The van der Waals surface area contributed by atoms with E-state index in [1.54, 1.807) is 18.1 Å². The molecule has 0 saturated carbocycles. The SMILES string of the molecule is COc1cc(CO)cc(C(C)(C)OC(=O)N2CCCCC2)c1. The predicted molar refractivity (Wildman–Crippen MR) is 83.8 cm³/mol. The third-order valence-corrected chi connectivity index (χ3v) is 4.04. The van der Waals surface area contributed by atoms with Gasteiger partial charge in [-0.05, 0) is 62.4 Å². The van der Waals surface area contributed by atoms with E-state index in [-0.39, 0.29) is 12.7 Å². The molecule has 0 radical (unpaired) electrons. The minimum absolute atomic E-state index is 0.0830. The van der Waals surface area contributed by atoms with E-state index in [1.165, 1.54) is 6.42 Å². The number of benzene rings is 1. The van der Waals surface area contributed by atoms with Crippen molar-refractivity contribution >= 4 is 6.09 Å². The summed E-state index contributed by atoms with van der Waals surface area (Å²) in [4.78, 5) is 14.1. The molecular formula is C17H25NO4. The van der Waals surface area contributed by atoms with Gasteiger partial charge in [0.2, 0.25) is 0 Å². The molecule has 122 valence electrons. The highest BCUT2D eigenvalue weighted by atomic mass is 16.6. The number of carbonyl (C=O) groups is 1. The van der Waals surface area contributed by atoms with Crippen molar-refractivity contribution in [3.8, 4) is 5.75 Å². The van der Waals surface area contributed by atoms with E-state index in [0.717, 1.165) is 37.1 Å². The summed E-state index contributed by atoms with van der Waals surface area (Å²) in [5.74, 6) is 0.642. The standard InChI is InChI=1S/C17H25NO4/c1-17(2,22-16(20)18-7-5-4-6-8-18)14-9-13(12-19)10-15(11-14)21-3/h9-11,19H,4-8,12H2,1-3H3. The van der Waals surface area contributed by atoms with Crippen LogP contribution < -0.4 is 4.74 Å². The fourth-order valence-electron chi connectivity index (χ4n) is 2.64. The van der Waals surface area contributed by atoms with Crippen LogP contribution in [-0.2, 0) is 16.9 Å². The van der Waals surface area contributed by atoms with Crippen LogP contribution in [0, 0.1) is 0 Å². The second kappa shape index (κ2) is 7.01. The zero-order valence-corrected chi connectivity index (χ0v) is 13.6. The quantitative estimate of drug-likeness (QED) is 0.929. The van der Waals surface area contributed by atoms with Crippen molar-refractivity contribution < 1.29 is 19.4 Å². The third kappa shape index (κ3) is 3.91. The Balaban J connectivity index is 2.16. The fraction of sp³-hybridized carbons (Fsp3) is 0.588. The maximum absolute atomic E-state index is 12.3. The fourth-order valence-corrected chi connectivity index (χ4v) is 2.64. The van der Waals surface area contributed by atoms with Crippen LogP contribution in [0.15, 0.2) is 18.2 Å². The lowest BCUT2D eigenvalue weighted by Crippen LogP contribution is -2.39. The summed E-state index contributed by atoms with van der Waals surface area (Å²) in [6, 6.07) is 5.45. The van der Waals surface area contributed by atoms with Gasteiger partial charge < -0.3 is 19.5 Å². The molecule has 1 aromatic rings. The van der Waals surface area contributed by atoms with Crippen LogP contribution in [-0.4, -0.2) is 36.3 Å². The molecule has 1 N–H and O–H groups in total. The molecule has 1 heterocycles. The largest absolute Gasteiger partial charge is 0.497 e. The summed E-state index contributed by atoms with van der Waals surface area (Å²) < 4.78 is 11.0. The highest BCUT2D eigenvalue weighted by Crippen LogP contribution is 2.30. The Kier molecular flexibility index (Phi) is 5.29. The van der Waals surface area contributed by atoms with Crippen LogP contribution in [0.2, 0.25) is 0 Å². The van der Waals surface area contributed by atoms with Gasteiger partial charge in [-0.25, -0.2) is 4.79 Å². The maximum atomic E-state index is 12.3. The van der Waals surface area contributed by atoms with E-state index < -0.39 is 5.60 Å². The lowest BCUT2D eigenvalue weighted by molar-refractivity contribution is 0.00762. The summed E-state index contributed by atoms with van der Waals surface area (Å²) in [6.07, 6.45) is 2.95. The van der Waals surface area contributed by atoms with E-state index in [1.807, 2.05) is 26.0 Å². The number of nitrogens with zero attached hydrogens (tertiary/aromatic N) is 1. The number of aliphatic hydroxyl groups excluding tert-OH is 1. The topological polar surface area (TPSA) is 59.0 Å². The Labute approximate surface area is 131 Å². The third-order valence-electron chi connectivity index (χ3n) is 4.04. The number of ether oxygens (including phenoxy) is 2. The molecule has 1 fully saturated rings. The van der Waals surface area contributed by atoms with Crippen molar-refractivity contribution in [3.63, 3.8) is 0 Å². The number of hydrogen-bond acceptors (Lipinski definition) is 4. The van der Waals surface area contributed by atoms with Crippen molar-refractivity contribution in [3.05, 3.63) is 29.3 Å². The maximum Gasteiger partial charge on any atom is 0.410 e. The Hall–Kier alpha value is -1.75. The van der Waals surface area contributed by atoms with Crippen molar-refractivity contribution in [2.24, 2.45) is 0 Å². The van der Waals surface area contributed by atoms with Gasteiger partial charge in [0.1, 0.15) is 11.4 Å². The molecule has 0 atom stereocenters. The Morgan fingerprint density at radius 2 is 1.91 bits per heavy atom. The molecule has 1 aliphatic heterocycles. The van der Waals surface area contributed by atoms with Gasteiger partial charge in [-0.2, -0.15) is 0 Å². The van der Waals surface area contributed by atoms with Gasteiger partial charge >= 0.3 is 6.09 Å². The second-order valence-corrected chi connectivity index (χ2v) is 6.15. The molecule has 5 heteroatoms. The molecular weight excluding hydrogens is 282 g/mol. The predicted octanol–water partition coefficient (Wildman–Crippen LogP) is 3.05. The van der Waals surface area contributed by atoms with Gasteiger partial charge in [0.25, 0.3) is 0 Å². The molecule has 0 aliphatic carbocycles. The number of rotatable bonds is 4. The number of carbonyl (C=O) groups excluding carboxylic acids is 1. The van der Waals surface area contributed by atoms with Crippen molar-refractivity contribution in [2.75, 3.05) is 20.2 Å². The molecule has 0 aromatic heterocycles. The molecule has 0 unspecified atom stereocenters. The van der Waals surface area contributed by atoms with Crippen molar-refractivity contribution in [2.45, 2.75) is 45.3 Å². The Morgan fingerprint density at radius 1 is 1.23 bits per heavy atom. The lowest BCUT2D eigenvalue weighted by atomic mass is 9.96. The van der Waals surface area contributed by atoms with Crippen LogP contribution in [0.5, 0.6) is 5.75 Å². The molecule has 22 heavy (non-hydrogen) atoms. The first-order valence-electron chi connectivity index (χ1n) is 7.73. The van der Waals surface area contributed by atoms with E-state index in [9.17, 15) is 9.90 Å². The highest BCUT2D eigenvalue weighted by Gasteiger charge is 2.29. The summed E-state index contributed by atoms with van der Waals surface area (Å²) in [5.41, 5.74) is 0.755. The molecule has 1 aliphatic rings. The molecule has 0 spiro atoms. The first kappa shape index (κ1) is 16.6. The number of likely N-dealkylation sites (tertiary alicyclic amines) is 1. The van der Waals surface area contributed by atoms with Gasteiger partial charge in [0.05, 0.1) is 13.7 Å². The van der Waals surface area contributed by atoms with Gasteiger partial charge in [-0.3, -0.25) is 0 Å². The zero-order valence-electron chi connectivity index (χ0n) is 13.6. The van der Waals surface area contributed by atoms with E-state index in [4.69, 9.17) is 9.47 Å². The number of methoxy groups -OCH3 is 1. The highest BCUT2D eigenvalue weighted by molar-refractivity contribution is 5.68. The van der Waals surface area contributed by atoms with E-state index in [2.05, 4.69) is 0 Å². The minimum atomic E-state index is -0.785. The van der Waals surface area contributed by atoms with E-state index in [0.29, 0.717) is 5.75 Å². The van der Waals surface area contributed by atoms with Crippen molar-refractivity contribution in [1.82, 2.24) is 4.90 Å². The average molecular weight is 307 g/mol. The first-order chi connectivity index (χ1) is 10.5. The van der Waals surface area contributed by atoms with Crippen LogP contribution >= 0.6 is 0 Å². The smallest absolute Gasteiger partial charge is 0.410 e. The first-order valence-corrected chi connectivity index (χ1v) is 7.73. The Bertz CT molecular complexity index is 499. The minimum Gasteiger partial charge on any atom is -0.497 e. The molecule has 1 aromatic carbocycles. The number of piperidine rings is 1. The molecule has 1 amide bonds. The van der Waals surface area contributed by atoms with Gasteiger partial charge in [0, 0.05) is 13.1 Å². The van der Waals surface area contributed by atoms with Crippen LogP contribution in [0.4, 0.5) is 4.79 Å². The van der Waals surface area contributed by atoms with Crippen molar-refractivity contribution in [1.29, 1.82) is 0 Å². The molecule has 1 saturated heterocycles. The van der Waals surface area contributed by atoms with Gasteiger partial charge in [-0.15, -0.1) is 0 Å². The molecule has 0 bridgehead atoms. The number of hydrogen-bond donors (Lipinski definition) is 1.